The zero-order chi connectivity index (χ0) is 18.0. The zero-order valence-electron chi connectivity index (χ0n) is 14.6. The van der Waals surface area contributed by atoms with Gasteiger partial charge in [-0.1, -0.05) is 12.7 Å². The average Bonchev–Trinajstić information content (AvgIpc) is 2.58. The van der Waals surface area contributed by atoms with E-state index in [1.807, 2.05) is 26.8 Å². The molecule has 2 unspecified atom stereocenters. The van der Waals surface area contributed by atoms with Gasteiger partial charge in [-0.15, -0.1) is 0 Å². The molecule has 2 aromatic rings. The first-order valence-corrected chi connectivity index (χ1v) is 8.23. The Kier molecular flexibility index (Phi) is 4.80. The number of allylic oxidation sites excluding steroid dienone is 2. The molecule has 1 fully saturated rings. The Balaban J connectivity index is 2.12. The highest BCUT2D eigenvalue weighted by Gasteiger charge is 2.25. The molecule has 8 heteroatoms. The third kappa shape index (κ3) is 3.53. The number of hydrogen-bond donors (Lipinski definition) is 2. The minimum atomic E-state index is -0.338. The maximum atomic E-state index is 12.2. The molecular weight excluding hydrogens is 320 g/mol. The standard InChI is InChI=1S/C17H22N6O2/c1-5-12(6-2)19-15-14-13(7-18-22-16(14)24)20-17(21-15)23-8-10(3)25-11(4)9-23/h5-7,10-11H,1,8-9H2,2-4H3,(H,22,24)(H,19,20,21)/b12-6+. The molecule has 0 amide bonds. The normalized spacial score (nSPS) is 21.4. The van der Waals surface area contributed by atoms with E-state index in [4.69, 9.17) is 4.74 Å². The summed E-state index contributed by atoms with van der Waals surface area (Å²) in [6, 6.07) is 0. The maximum Gasteiger partial charge on any atom is 0.277 e. The van der Waals surface area contributed by atoms with E-state index in [-0.39, 0.29) is 17.8 Å². The van der Waals surface area contributed by atoms with Crippen molar-refractivity contribution in [2.45, 2.75) is 33.0 Å². The molecule has 0 aromatic carbocycles. The van der Waals surface area contributed by atoms with Gasteiger partial charge < -0.3 is 15.0 Å². The lowest BCUT2D eigenvalue weighted by Gasteiger charge is -2.35. The van der Waals surface area contributed by atoms with E-state index in [2.05, 4.69) is 37.0 Å². The van der Waals surface area contributed by atoms with Gasteiger partial charge in [-0.25, -0.2) is 10.1 Å². The minimum Gasteiger partial charge on any atom is -0.372 e. The lowest BCUT2D eigenvalue weighted by Crippen LogP contribution is -2.46. The Morgan fingerprint density at radius 1 is 1.40 bits per heavy atom. The van der Waals surface area contributed by atoms with Crippen LogP contribution in [0, 0.1) is 0 Å². The number of hydrogen-bond acceptors (Lipinski definition) is 7. The summed E-state index contributed by atoms with van der Waals surface area (Å²) in [6.07, 6.45) is 5.22. The van der Waals surface area contributed by atoms with Crippen molar-refractivity contribution in [3.8, 4) is 0 Å². The highest BCUT2D eigenvalue weighted by molar-refractivity contribution is 5.89. The minimum absolute atomic E-state index is 0.0797. The highest BCUT2D eigenvalue weighted by Crippen LogP contribution is 2.23. The Morgan fingerprint density at radius 3 is 2.76 bits per heavy atom. The Labute approximate surface area is 145 Å². The molecule has 8 nitrogen and oxygen atoms in total. The first-order valence-electron chi connectivity index (χ1n) is 8.23. The molecule has 25 heavy (non-hydrogen) atoms. The van der Waals surface area contributed by atoms with Crippen molar-refractivity contribution in [3.63, 3.8) is 0 Å². The van der Waals surface area contributed by atoms with Crippen LogP contribution >= 0.6 is 0 Å². The number of aromatic nitrogens is 4. The molecule has 0 spiro atoms. The fourth-order valence-corrected chi connectivity index (χ4v) is 2.94. The monoisotopic (exact) mass is 342 g/mol. The van der Waals surface area contributed by atoms with Crippen LogP contribution in [-0.4, -0.2) is 45.5 Å². The van der Waals surface area contributed by atoms with Gasteiger partial charge in [-0.3, -0.25) is 4.79 Å². The SMILES string of the molecule is C=C/C(=C\C)Nc1nc(N2CC(C)OC(C)C2)nc2cn[nH]c(=O)c12. The van der Waals surface area contributed by atoms with E-state index >= 15 is 0 Å². The number of anilines is 2. The molecule has 1 aliphatic heterocycles. The second-order valence-electron chi connectivity index (χ2n) is 6.07. The van der Waals surface area contributed by atoms with Gasteiger partial charge in [-0.2, -0.15) is 10.1 Å². The lowest BCUT2D eigenvalue weighted by atomic mass is 10.2. The quantitative estimate of drug-likeness (QED) is 0.818. The van der Waals surface area contributed by atoms with Crippen LogP contribution < -0.4 is 15.8 Å². The van der Waals surface area contributed by atoms with Crippen LogP contribution in [0.25, 0.3) is 10.9 Å². The molecule has 2 aromatic heterocycles. The van der Waals surface area contributed by atoms with E-state index in [1.54, 1.807) is 6.08 Å². The van der Waals surface area contributed by atoms with Crippen LogP contribution in [0.5, 0.6) is 0 Å². The summed E-state index contributed by atoms with van der Waals surface area (Å²) in [5.41, 5.74) is 0.906. The summed E-state index contributed by atoms with van der Waals surface area (Å²) in [4.78, 5) is 23.4. The fourth-order valence-electron chi connectivity index (χ4n) is 2.94. The van der Waals surface area contributed by atoms with Gasteiger partial charge >= 0.3 is 0 Å². The molecule has 132 valence electrons. The van der Waals surface area contributed by atoms with Gasteiger partial charge in [0.1, 0.15) is 16.7 Å². The number of nitrogens with zero attached hydrogens (tertiary/aromatic N) is 4. The van der Waals surface area contributed by atoms with Gasteiger partial charge in [0, 0.05) is 18.8 Å². The zero-order valence-corrected chi connectivity index (χ0v) is 14.6. The largest absolute Gasteiger partial charge is 0.372 e. The number of fused-ring (bicyclic) bond motifs is 1. The van der Waals surface area contributed by atoms with Crippen LogP contribution in [0.1, 0.15) is 20.8 Å². The maximum absolute atomic E-state index is 12.2. The Hall–Kier alpha value is -2.74. The Bertz CT molecular complexity index is 865. The van der Waals surface area contributed by atoms with Crippen molar-refractivity contribution in [2.24, 2.45) is 0 Å². The van der Waals surface area contributed by atoms with Crippen molar-refractivity contribution < 1.29 is 4.74 Å². The third-order valence-corrected chi connectivity index (χ3v) is 4.00. The van der Waals surface area contributed by atoms with E-state index in [9.17, 15) is 4.79 Å². The van der Waals surface area contributed by atoms with E-state index < -0.39 is 0 Å². The van der Waals surface area contributed by atoms with E-state index in [1.165, 1.54) is 6.20 Å². The van der Waals surface area contributed by atoms with Crippen LogP contribution in [0.15, 0.2) is 35.4 Å². The molecule has 2 atom stereocenters. The van der Waals surface area contributed by atoms with Crippen LogP contribution in [0.2, 0.25) is 0 Å². The lowest BCUT2D eigenvalue weighted by molar-refractivity contribution is -0.00569. The molecule has 1 aliphatic rings. The average molecular weight is 342 g/mol. The van der Waals surface area contributed by atoms with Crippen molar-refractivity contribution >= 4 is 22.7 Å². The summed E-state index contributed by atoms with van der Waals surface area (Å²) >= 11 is 0. The molecule has 2 N–H and O–H groups in total. The molecule has 3 heterocycles. The van der Waals surface area contributed by atoms with E-state index in [0.717, 1.165) is 5.70 Å². The molecule has 1 saturated heterocycles. The summed E-state index contributed by atoms with van der Waals surface area (Å²) in [5, 5.41) is 9.81. The molecule has 0 saturated carbocycles. The number of rotatable bonds is 4. The summed E-state index contributed by atoms with van der Waals surface area (Å²) < 4.78 is 5.77. The number of aromatic amines is 1. The predicted octanol–water partition coefficient (Wildman–Crippen LogP) is 1.83. The number of morpholine rings is 1. The number of ether oxygens (including phenoxy) is 1. The van der Waals surface area contributed by atoms with Gasteiger partial charge in [-0.05, 0) is 26.8 Å². The molecule has 0 aliphatic carbocycles. The van der Waals surface area contributed by atoms with Crippen molar-refractivity contribution in [2.75, 3.05) is 23.3 Å². The smallest absolute Gasteiger partial charge is 0.277 e. The van der Waals surface area contributed by atoms with Gasteiger partial charge in [0.05, 0.1) is 18.4 Å². The fraction of sp³-hybridized carbons (Fsp3) is 0.412. The summed E-state index contributed by atoms with van der Waals surface area (Å²) in [7, 11) is 0. The van der Waals surface area contributed by atoms with Gasteiger partial charge in [0.2, 0.25) is 5.95 Å². The highest BCUT2D eigenvalue weighted by atomic mass is 16.5. The van der Waals surface area contributed by atoms with Crippen LogP contribution in [0.3, 0.4) is 0 Å². The summed E-state index contributed by atoms with van der Waals surface area (Å²) in [5.74, 6) is 0.979. The molecule has 0 radical (unpaired) electrons. The van der Waals surface area contributed by atoms with Gasteiger partial charge in [0.25, 0.3) is 5.56 Å². The van der Waals surface area contributed by atoms with Crippen molar-refractivity contribution in [3.05, 3.63) is 41.0 Å². The number of H-pyrrole nitrogens is 1. The molecule has 0 bridgehead atoms. The second kappa shape index (κ2) is 7.02. The first-order chi connectivity index (χ1) is 12.0. The second-order valence-corrected chi connectivity index (χ2v) is 6.07. The summed E-state index contributed by atoms with van der Waals surface area (Å²) in [6.45, 7) is 11.0. The predicted molar refractivity (Wildman–Crippen MR) is 97.8 cm³/mol. The topological polar surface area (TPSA) is 96.0 Å². The molecule has 3 rings (SSSR count). The van der Waals surface area contributed by atoms with Crippen molar-refractivity contribution in [1.29, 1.82) is 0 Å². The first kappa shape index (κ1) is 17.1. The van der Waals surface area contributed by atoms with Crippen LogP contribution in [-0.2, 0) is 4.74 Å². The van der Waals surface area contributed by atoms with Crippen molar-refractivity contribution in [1.82, 2.24) is 20.2 Å². The van der Waals surface area contributed by atoms with Crippen LogP contribution in [0.4, 0.5) is 11.8 Å². The third-order valence-electron chi connectivity index (χ3n) is 4.00. The molecular formula is C17H22N6O2. The number of nitrogens with one attached hydrogen (secondary N) is 2. The van der Waals surface area contributed by atoms with E-state index in [0.29, 0.717) is 35.8 Å². The van der Waals surface area contributed by atoms with Gasteiger partial charge in [0.15, 0.2) is 0 Å². The Morgan fingerprint density at radius 2 is 2.12 bits per heavy atom.